The lowest BCUT2D eigenvalue weighted by Crippen LogP contribution is -2.36. The van der Waals surface area contributed by atoms with Crippen molar-refractivity contribution in [2.75, 3.05) is 6.26 Å². The number of nitrogens with one attached hydrogen (secondary N) is 1. The van der Waals surface area contributed by atoms with E-state index in [1.165, 1.54) is 0 Å². The Bertz CT molecular complexity index is 317. The third kappa shape index (κ3) is 5.29. The van der Waals surface area contributed by atoms with E-state index in [4.69, 9.17) is 5.11 Å². The van der Waals surface area contributed by atoms with E-state index >= 15 is 0 Å². The minimum atomic E-state index is -0.851. The standard InChI is InChI=1S/C13H23NO3S/c1-13(2,8-12(16)17)7-11(15)14-9-4-5-10(6-9)18-3/h9-10H,4-8H2,1-3H3,(H,14,15)(H,16,17). The zero-order chi connectivity index (χ0) is 13.8. The lowest BCUT2D eigenvalue weighted by atomic mass is 9.85. The summed E-state index contributed by atoms with van der Waals surface area (Å²) >= 11 is 1.86. The van der Waals surface area contributed by atoms with Gasteiger partial charge in [0.2, 0.25) is 5.91 Å². The van der Waals surface area contributed by atoms with E-state index in [1.807, 2.05) is 25.6 Å². The fourth-order valence-electron chi connectivity index (χ4n) is 2.47. The Hall–Kier alpha value is -0.710. The van der Waals surface area contributed by atoms with Crippen LogP contribution in [0.2, 0.25) is 0 Å². The molecular weight excluding hydrogens is 250 g/mol. The number of carbonyl (C=O) groups is 2. The van der Waals surface area contributed by atoms with E-state index in [0.29, 0.717) is 5.25 Å². The number of amides is 1. The molecule has 4 nitrogen and oxygen atoms in total. The summed E-state index contributed by atoms with van der Waals surface area (Å²) in [6.45, 7) is 3.64. The second kappa shape index (κ2) is 6.45. The van der Waals surface area contributed by atoms with E-state index in [2.05, 4.69) is 11.6 Å². The van der Waals surface area contributed by atoms with Gasteiger partial charge in [-0.15, -0.1) is 0 Å². The molecule has 1 rings (SSSR count). The first-order valence-corrected chi connectivity index (χ1v) is 7.65. The molecule has 0 radical (unpaired) electrons. The minimum absolute atomic E-state index is 0.0204. The van der Waals surface area contributed by atoms with Gasteiger partial charge in [0, 0.05) is 17.7 Å². The predicted molar refractivity (Wildman–Crippen MR) is 73.7 cm³/mol. The zero-order valence-electron chi connectivity index (χ0n) is 11.4. The van der Waals surface area contributed by atoms with Crippen LogP contribution < -0.4 is 5.32 Å². The highest BCUT2D eigenvalue weighted by molar-refractivity contribution is 7.99. The van der Waals surface area contributed by atoms with E-state index < -0.39 is 11.4 Å². The van der Waals surface area contributed by atoms with Crippen LogP contribution in [0, 0.1) is 5.41 Å². The quantitative estimate of drug-likeness (QED) is 0.779. The van der Waals surface area contributed by atoms with Crippen molar-refractivity contribution in [3.8, 4) is 0 Å². The topological polar surface area (TPSA) is 66.4 Å². The zero-order valence-corrected chi connectivity index (χ0v) is 12.2. The Labute approximate surface area is 113 Å². The van der Waals surface area contributed by atoms with Gasteiger partial charge in [-0.2, -0.15) is 11.8 Å². The molecule has 2 unspecified atom stereocenters. The molecule has 5 heteroatoms. The lowest BCUT2D eigenvalue weighted by Gasteiger charge is -2.23. The molecule has 0 heterocycles. The Morgan fingerprint density at radius 2 is 2.00 bits per heavy atom. The van der Waals surface area contributed by atoms with Crippen LogP contribution in [0.15, 0.2) is 0 Å². The van der Waals surface area contributed by atoms with Crippen molar-refractivity contribution in [1.82, 2.24) is 5.32 Å². The molecule has 0 aliphatic heterocycles. The molecule has 0 aromatic rings. The Balaban J connectivity index is 2.35. The highest BCUT2D eigenvalue weighted by Crippen LogP contribution is 2.29. The SMILES string of the molecule is CSC1CCC(NC(=O)CC(C)(C)CC(=O)O)C1. The van der Waals surface area contributed by atoms with E-state index in [0.717, 1.165) is 19.3 Å². The summed E-state index contributed by atoms with van der Waals surface area (Å²) in [6.07, 6.45) is 5.64. The molecule has 2 atom stereocenters. The summed E-state index contributed by atoms with van der Waals surface area (Å²) in [4.78, 5) is 22.6. The third-order valence-corrected chi connectivity index (χ3v) is 4.45. The maximum atomic E-state index is 11.9. The fraction of sp³-hybridized carbons (Fsp3) is 0.846. The molecular formula is C13H23NO3S. The summed E-state index contributed by atoms with van der Waals surface area (Å²) < 4.78 is 0. The van der Waals surface area contributed by atoms with Crippen LogP contribution in [0.25, 0.3) is 0 Å². The summed E-state index contributed by atoms with van der Waals surface area (Å²) in [7, 11) is 0. The van der Waals surface area contributed by atoms with Gasteiger partial charge in [0.15, 0.2) is 0 Å². The van der Waals surface area contributed by atoms with Crippen LogP contribution >= 0.6 is 11.8 Å². The number of carbonyl (C=O) groups excluding carboxylic acids is 1. The average molecular weight is 273 g/mol. The summed E-state index contributed by atoms with van der Waals surface area (Å²) in [5.41, 5.74) is -0.479. The molecule has 0 bridgehead atoms. The third-order valence-electron chi connectivity index (χ3n) is 3.35. The Kier molecular flexibility index (Phi) is 5.50. The largest absolute Gasteiger partial charge is 0.481 e. The van der Waals surface area contributed by atoms with Crippen LogP contribution in [0.3, 0.4) is 0 Å². The van der Waals surface area contributed by atoms with Crippen LogP contribution in [0.4, 0.5) is 0 Å². The van der Waals surface area contributed by atoms with Gasteiger partial charge in [-0.25, -0.2) is 0 Å². The summed E-state index contributed by atoms with van der Waals surface area (Å²) in [5, 5.41) is 12.5. The van der Waals surface area contributed by atoms with Gasteiger partial charge in [-0.05, 0) is 30.9 Å². The maximum absolute atomic E-state index is 11.9. The van der Waals surface area contributed by atoms with Crippen molar-refractivity contribution < 1.29 is 14.7 Å². The predicted octanol–water partition coefficient (Wildman–Crippen LogP) is 2.28. The first-order valence-electron chi connectivity index (χ1n) is 6.36. The summed E-state index contributed by atoms with van der Waals surface area (Å²) in [6, 6.07) is 0.274. The molecule has 0 aromatic heterocycles. The van der Waals surface area contributed by atoms with Crippen molar-refractivity contribution >= 4 is 23.6 Å². The molecule has 1 aliphatic carbocycles. The highest BCUT2D eigenvalue weighted by Gasteiger charge is 2.29. The molecule has 1 aliphatic rings. The summed E-state index contributed by atoms with van der Waals surface area (Å²) in [5.74, 6) is -0.871. The van der Waals surface area contributed by atoms with Crippen molar-refractivity contribution in [1.29, 1.82) is 0 Å². The first kappa shape index (κ1) is 15.3. The number of thioether (sulfide) groups is 1. The molecule has 0 spiro atoms. The normalized spacial score (nSPS) is 23.9. The van der Waals surface area contributed by atoms with Crippen LogP contribution in [0.1, 0.15) is 46.0 Å². The maximum Gasteiger partial charge on any atom is 0.303 e. The van der Waals surface area contributed by atoms with E-state index in [1.54, 1.807) is 0 Å². The molecule has 2 N–H and O–H groups in total. The van der Waals surface area contributed by atoms with Gasteiger partial charge in [-0.1, -0.05) is 13.8 Å². The average Bonchev–Trinajstić information content (AvgIpc) is 2.61. The Morgan fingerprint density at radius 1 is 1.33 bits per heavy atom. The molecule has 1 saturated carbocycles. The second-order valence-electron chi connectivity index (χ2n) is 5.85. The van der Waals surface area contributed by atoms with Gasteiger partial charge in [0.05, 0.1) is 6.42 Å². The monoisotopic (exact) mass is 273 g/mol. The highest BCUT2D eigenvalue weighted by atomic mass is 32.2. The first-order chi connectivity index (χ1) is 8.32. The van der Waals surface area contributed by atoms with E-state index in [9.17, 15) is 9.59 Å². The lowest BCUT2D eigenvalue weighted by molar-refractivity contribution is -0.139. The fourth-order valence-corrected chi connectivity index (χ4v) is 3.27. The number of aliphatic carboxylic acids is 1. The van der Waals surface area contributed by atoms with Crippen molar-refractivity contribution in [3.05, 3.63) is 0 Å². The van der Waals surface area contributed by atoms with Gasteiger partial charge in [-0.3, -0.25) is 9.59 Å². The number of carboxylic acids is 1. The smallest absolute Gasteiger partial charge is 0.303 e. The van der Waals surface area contributed by atoms with Crippen LogP contribution in [0.5, 0.6) is 0 Å². The molecule has 0 aromatic carbocycles. The molecule has 1 fully saturated rings. The van der Waals surface area contributed by atoms with Gasteiger partial charge >= 0.3 is 5.97 Å². The second-order valence-corrected chi connectivity index (χ2v) is 6.98. The number of hydrogen-bond donors (Lipinski definition) is 2. The minimum Gasteiger partial charge on any atom is -0.481 e. The van der Waals surface area contributed by atoms with Gasteiger partial charge in [0.25, 0.3) is 0 Å². The number of hydrogen-bond acceptors (Lipinski definition) is 3. The van der Waals surface area contributed by atoms with E-state index in [-0.39, 0.29) is 24.8 Å². The Morgan fingerprint density at radius 3 is 2.50 bits per heavy atom. The number of carboxylic acid groups (broad SMARTS) is 1. The van der Waals surface area contributed by atoms with Crippen LogP contribution in [-0.2, 0) is 9.59 Å². The van der Waals surface area contributed by atoms with Crippen molar-refractivity contribution in [2.24, 2.45) is 5.41 Å². The van der Waals surface area contributed by atoms with Crippen molar-refractivity contribution in [3.63, 3.8) is 0 Å². The molecule has 0 saturated heterocycles. The van der Waals surface area contributed by atoms with Crippen molar-refractivity contribution in [2.45, 2.75) is 57.2 Å². The van der Waals surface area contributed by atoms with Crippen LogP contribution in [-0.4, -0.2) is 34.5 Å². The number of rotatable bonds is 6. The van der Waals surface area contributed by atoms with Gasteiger partial charge < -0.3 is 10.4 Å². The van der Waals surface area contributed by atoms with Gasteiger partial charge in [0.1, 0.15) is 0 Å². The molecule has 1 amide bonds. The molecule has 104 valence electrons. The molecule has 18 heavy (non-hydrogen) atoms.